The molecule has 0 fully saturated rings. The van der Waals surface area contributed by atoms with Crippen molar-refractivity contribution in [3.05, 3.63) is 29.3 Å². The summed E-state index contributed by atoms with van der Waals surface area (Å²) in [5.41, 5.74) is 6.97. The highest BCUT2D eigenvalue weighted by molar-refractivity contribution is 7.99. The highest BCUT2D eigenvalue weighted by Crippen LogP contribution is 2.33. The fourth-order valence-electron chi connectivity index (χ4n) is 1.45. The second kappa shape index (κ2) is 6.18. The summed E-state index contributed by atoms with van der Waals surface area (Å²) in [4.78, 5) is 0.764. The van der Waals surface area contributed by atoms with Gasteiger partial charge in [-0.3, -0.25) is 0 Å². The van der Waals surface area contributed by atoms with Crippen LogP contribution in [-0.4, -0.2) is 23.0 Å². The van der Waals surface area contributed by atoms with Crippen LogP contribution in [0.15, 0.2) is 28.3 Å². The largest absolute Gasteiger partial charge is 0.409 e. The predicted molar refractivity (Wildman–Crippen MR) is 69.6 cm³/mol. The first-order valence-electron chi connectivity index (χ1n) is 5.50. The summed E-state index contributed by atoms with van der Waals surface area (Å²) in [5, 5.41) is 10.9. The molecule has 0 saturated carbocycles. The van der Waals surface area contributed by atoms with Crippen LogP contribution < -0.4 is 5.73 Å². The van der Waals surface area contributed by atoms with Gasteiger partial charge in [0.2, 0.25) is 0 Å². The molecule has 0 amide bonds. The molecular formula is C12H15F3N2OS. The van der Waals surface area contributed by atoms with Gasteiger partial charge in [-0.1, -0.05) is 22.9 Å². The molecule has 0 heterocycles. The van der Waals surface area contributed by atoms with E-state index in [1.54, 1.807) is 0 Å². The topological polar surface area (TPSA) is 58.6 Å². The molecule has 0 saturated heterocycles. The van der Waals surface area contributed by atoms with Crippen molar-refractivity contribution in [3.8, 4) is 0 Å². The van der Waals surface area contributed by atoms with Crippen molar-refractivity contribution >= 4 is 17.6 Å². The standard InChI is InChI=1S/C12H15F3N2OS/c1-7-3-4-8(2)10(5-7)19-6-9(11(16)17-18)12(13,14)15/h3-5,9,18H,6H2,1-2H3,(H2,16,17). The Bertz CT molecular complexity index is 475. The Balaban J connectivity index is 2.85. The highest BCUT2D eigenvalue weighted by atomic mass is 32.2. The zero-order valence-corrected chi connectivity index (χ0v) is 11.3. The Morgan fingerprint density at radius 2 is 2.05 bits per heavy atom. The van der Waals surface area contributed by atoms with E-state index in [1.165, 1.54) is 0 Å². The number of hydrogen-bond donors (Lipinski definition) is 2. The van der Waals surface area contributed by atoms with Crippen molar-refractivity contribution in [1.29, 1.82) is 0 Å². The fraction of sp³-hybridized carbons (Fsp3) is 0.417. The minimum absolute atomic E-state index is 0.316. The quantitative estimate of drug-likeness (QED) is 0.294. The van der Waals surface area contributed by atoms with Crippen molar-refractivity contribution in [2.24, 2.45) is 16.8 Å². The number of alkyl halides is 3. The number of halogens is 3. The van der Waals surface area contributed by atoms with Gasteiger partial charge < -0.3 is 10.9 Å². The zero-order valence-electron chi connectivity index (χ0n) is 10.5. The Morgan fingerprint density at radius 3 is 2.58 bits per heavy atom. The lowest BCUT2D eigenvalue weighted by molar-refractivity contribution is -0.150. The SMILES string of the molecule is Cc1ccc(C)c(SCC(/C(N)=N/O)C(F)(F)F)c1. The van der Waals surface area contributed by atoms with Gasteiger partial charge in [-0.05, 0) is 25.5 Å². The molecule has 1 atom stereocenters. The lowest BCUT2D eigenvalue weighted by Gasteiger charge is -2.19. The van der Waals surface area contributed by atoms with Crippen molar-refractivity contribution in [1.82, 2.24) is 0 Å². The Hall–Kier alpha value is -1.37. The number of nitrogens with two attached hydrogens (primary N) is 1. The highest BCUT2D eigenvalue weighted by Gasteiger charge is 2.42. The van der Waals surface area contributed by atoms with E-state index in [0.29, 0.717) is 0 Å². The van der Waals surface area contributed by atoms with Crippen LogP contribution in [0, 0.1) is 19.8 Å². The molecule has 1 aromatic rings. The minimum atomic E-state index is -4.53. The molecule has 3 nitrogen and oxygen atoms in total. The van der Waals surface area contributed by atoms with E-state index in [2.05, 4.69) is 5.16 Å². The molecule has 0 radical (unpaired) electrons. The van der Waals surface area contributed by atoms with E-state index in [-0.39, 0.29) is 5.75 Å². The molecule has 0 aromatic heterocycles. The van der Waals surface area contributed by atoms with Crippen molar-refractivity contribution in [3.63, 3.8) is 0 Å². The van der Waals surface area contributed by atoms with Crippen LogP contribution in [0.4, 0.5) is 13.2 Å². The van der Waals surface area contributed by atoms with E-state index < -0.39 is 17.9 Å². The second-order valence-corrected chi connectivity index (χ2v) is 5.26. The van der Waals surface area contributed by atoms with Gasteiger partial charge in [0.05, 0.1) is 0 Å². The maximum absolute atomic E-state index is 12.8. The first-order chi connectivity index (χ1) is 8.75. The molecule has 19 heavy (non-hydrogen) atoms. The molecule has 0 aliphatic rings. The maximum atomic E-state index is 12.8. The molecule has 1 rings (SSSR count). The minimum Gasteiger partial charge on any atom is -0.409 e. The molecule has 106 valence electrons. The third-order valence-electron chi connectivity index (χ3n) is 2.62. The normalized spacial score (nSPS) is 14.5. The molecule has 0 aliphatic carbocycles. The van der Waals surface area contributed by atoms with Crippen LogP contribution >= 0.6 is 11.8 Å². The summed E-state index contributed by atoms with van der Waals surface area (Å²) < 4.78 is 38.3. The third-order valence-corrected chi connectivity index (χ3v) is 3.87. The van der Waals surface area contributed by atoms with Crippen molar-refractivity contribution < 1.29 is 18.4 Å². The first kappa shape index (κ1) is 15.7. The number of hydrogen-bond acceptors (Lipinski definition) is 3. The zero-order chi connectivity index (χ0) is 14.6. The molecular weight excluding hydrogens is 277 g/mol. The van der Waals surface area contributed by atoms with Crippen molar-refractivity contribution in [2.75, 3.05) is 5.75 Å². The smallest absolute Gasteiger partial charge is 0.399 e. The van der Waals surface area contributed by atoms with Gasteiger partial charge in [0.1, 0.15) is 5.92 Å². The van der Waals surface area contributed by atoms with Gasteiger partial charge in [0.15, 0.2) is 5.84 Å². The molecule has 7 heteroatoms. The number of oxime groups is 1. The Kier molecular flexibility index (Phi) is 5.11. The Labute approximate surface area is 113 Å². The summed E-state index contributed by atoms with van der Waals surface area (Å²) in [6, 6.07) is 5.56. The molecule has 0 spiro atoms. The van der Waals surface area contributed by atoms with E-state index >= 15 is 0 Å². The van der Waals surface area contributed by atoms with Gasteiger partial charge in [-0.2, -0.15) is 13.2 Å². The number of aryl methyl sites for hydroxylation is 2. The van der Waals surface area contributed by atoms with Gasteiger partial charge in [-0.25, -0.2) is 0 Å². The maximum Gasteiger partial charge on any atom is 0.399 e. The van der Waals surface area contributed by atoms with E-state index in [9.17, 15) is 13.2 Å². The van der Waals surface area contributed by atoms with Crippen LogP contribution in [-0.2, 0) is 0 Å². The van der Waals surface area contributed by atoms with Crippen LogP contribution in [0.5, 0.6) is 0 Å². The van der Waals surface area contributed by atoms with Gasteiger partial charge in [-0.15, -0.1) is 11.8 Å². The third kappa shape index (κ3) is 4.34. The van der Waals surface area contributed by atoms with Gasteiger partial charge in [0, 0.05) is 10.6 Å². The average Bonchev–Trinajstić information content (AvgIpc) is 2.31. The number of rotatable bonds is 4. The summed E-state index contributed by atoms with van der Waals surface area (Å²) >= 11 is 1.05. The lowest BCUT2D eigenvalue weighted by atomic mass is 10.1. The number of amidine groups is 1. The number of thioether (sulfide) groups is 1. The molecule has 0 aliphatic heterocycles. The summed E-state index contributed by atoms with van der Waals surface area (Å²) in [6.07, 6.45) is -4.53. The second-order valence-electron chi connectivity index (χ2n) is 4.20. The van der Waals surface area contributed by atoms with E-state index in [1.807, 2.05) is 32.0 Å². The van der Waals surface area contributed by atoms with E-state index in [0.717, 1.165) is 27.8 Å². The molecule has 1 unspecified atom stereocenters. The molecule has 1 aromatic carbocycles. The van der Waals surface area contributed by atoms with Crippen LogP contribution in [0.2, 0.25) is 0 Å². The summed E-state index contributed by atoms with van der Waals surface area (Å²) in [5.74, 6) is -3.09. The average molecular weight is 292 g/mol. The predicted octanol–water partition coefficient (Wildman–Crippen LogP) is 3.32. The fourth-order valence-corrected chi connectivity index (χ4v) is 2.72. The van der Waals surface area contributed by atoms with Gasteiger partial charge in [0.25, 0.3) is 0 Å². The first-order valence-corrected chi connectivity index (χ1v) is 6.48. The van der Waals surface area contributed by atoms with Crippen molar-refractivity contribution in [2.45, 2.75) is 24.9 Å². The lowest BCUT2D eigenvalue weighted by Crippen LogP contribution is -2.37. The molecule has 0 bridgehead atoms. The number of nitrogens with zero attached hydrogens (tertiary/aromatic N) is 1. The Morgan fingerprint density at radius 1 is 1.42 bits per heavy atom. The van der Waals surface area contributed by atoms with Crippen LogP contribution in [0.25, 0.3) is 0 Å². The number of benzene rings is 1. The van der Waals surface area contributed by atoms with E-state index in [4.69, 9.17) is 10.9 Å². The summed E-state index contributed by atoms with van der Waals surface area (Å²) in [6.45, 7) is 3.70. The van der Waals surface area contributed by atoms with Crippen LogP contribution in [0.3, 0.4) is 0 Å². The summed E-state index contributed by atoms with van der Waals surface area (Å²) in [7, 11) is 0. The monoisotopic (exact) mass is 292 g/mol. The molecule has 3 N–H and O–H groups in total. The van der Waals surface area contributed by atoms with Crippen LogP contribution in [0.1, 0.15) is 11.1 Å². The van der Waals surface area contributed by atoms with Gasteiger partial charge >= 0.3 is 6.18 Å².